The van der Waals surface area contributed by atoms with E-state index in [1.54, 1.807) is 37.3 Å². The molecule has 3 nitrogen and oxygen atoms in total. The molecule has 0 radical (unpaired) electrons. The number of ether oxygens (including phenoxy) is 1. The van der Waals surface area contributed by atoms with Crippen LogP contribution in [0.15, 0.2) is 48.5 Å². The quantitative estimate of drug-likeness (QED) is 0.909. The number of benzene rings is 2. The van der Waals surface area contributed by atoms with Crippen LogP contribution in [-0.2, 0) is 4.79 Å². The van der Waals surface area contributed by atoms with E-state index in [4.69, 9.17) is 27.9 Å². The Labute approximate surface area is 127 Å². The first-order valence-corrected chi connectivity index (χ1v) is 6.79. The summed E-state index contributed by atoms with van der Waals surface area (Å²) in [5.74, 6) is 0.386. The number of hydrogen-bond acceptors (Lipinski definition) is 2. The van der Waals surface area contributed by atoms with Crippen molar-refractivity contribution in [2.75, 3.05) is 5.32 Å². The minimum absolute atomic E-state index is 0.257. The highest BCUT2D eigenvalue weighted by Gasteiger charge is 2.15. The molecule has 0 aliphatic heterocycles. The molecular weight excluding hydrogens is 297 g/mol. The van der Waals surface area contributed by atoms with Crippen LogP contribution >= 0.6 is 23.2 Å². The van der Waals surface area contributed by atoms with Gasteiger partial charge in [0, 0.05) is 5.69 Å². The molecule has 1 atom stereocenters. The second kappa shape index (κ2) is 6.64. The monoisotopic (exact) mass is 309 g/mol. The number of halogens is 2. The van der Waals surface area contributed by atoms with Gasteiger partial charge >= 0.3 is 0 Å². The molecule has 0 bridgehead atoms. The van der Waals surface area contributed by atoms with E-state index in [0.717, 1.165) is 0 Å². The fourth-order valence-corrected chi connectivity index (χ4v) is 1.87. The lowest BCUT2D eigenvalue weighted by atomic mass is 10.3. The number of anilines is 1. The van der Waals surface area contributed by atoms with E-state index in [0.29, 0.717) is 21.5 Å². The molecule has 1 amide bonds. The van der Waals surface area contributed by atoms with Crippen LogP contribution in [0.5, 0.6) is 5.75 Å². The van der Waals surface area contributed by atoms with Crippen LogP contribution in [0.4, 0.5) is 5.69 Å². The number of amides is 1. The van der Waals surface area contributed by atoms with Gasteiger partial charge in [-0.1, -0.05) is 41.4 Å². The smallest absolute Gasteiger partial charge is 0.265 e. The average molecular weight is 310 g/mol. The summed E-state index contributed by atoms with van der Waals surface area (Å²) in [5.41, 5.74) is 0.577. The fourth-order valence-electron chi connectivity index (χ4n) is 1.57. The van der Waals surface area contributed by atoms with Gasteiger partial charge in [0.2, 0.25) is 0 Å². The molecule has 20 heavy (non-hydrogen) atoms. The molecular formula is C15H13Cl2NO2. The predicted octanol–water partition coefficient (Wildman–Crippen LogP) is 4.40. The van der Waals surface area contributed by atoms with Crippen LogP contribution in [0.1, 0.15) is 6.92 Å². The Morgan fingerprint density at radius 3 is 2.45 bits per heavy atom. The summed E-state index contributed by atoms with van der Waals surface area (Å²) < 4.78 is 5.53. The van der Waals surface area contributed by atoms with Gasteiger partial charge in [0.25, 0.3) is 5.91 Å². The minimum Gasteiger partial charge on any atom is -0.481 e. The van der Waals surface area contributed by atoms with Crippen molar-refractivity contribution in [2.24, 2.45) is 0 Å². The van der Waals surface area contributed by atoms with Crippen molar-refractivity contribution in [3.63, 3.8) is 0 Å². The molecule has 2 aromatic rings. The van der Waals surface area contributed by atoms with Crippen molar-refractivity contribution in [3.8, 4) is 5.75 Å². The van der Waals surface area contributed by atoms with Gasteiger partial charge in [0.1, 0.15) is 5.75 Å². The maximum absolute atomic E-state index is 12.0. The van der Waals surface area contributed by atoms with Gasteiger partial charge in [-0.05, 0) is 37.3 Å². The normalized spacial score (nSPS) is 11.8. The molecule has 0 saturated heterocycles. The summed E-state index contributed by atoms with van der Waals surface area (Å²) in [6.45, 7) is 1.68. The summed E-state index contributed by atoms with van der Waals surface area (Å²) >= 11 is 11.7. The zero-order chi connectivity index (χ0) is 14.5. The molecule has 1 N–H and O–H groups in total. The molecule has 2 rings (SSSR count). The number of hydrogen-bond donors (Lipinski definition) is 1. The van der Waals surface area contributed by atoms with Crippen LogP contribution < -0.4 is 10.1 Å². The van der Waals surface area contributed by atoms with Crippen LogP contribution in [0.3, 0.4) is 0 Å². The van der Waals surface area contributed by atoms with E-state index < -0.39 is 6.10 Å². The number of para-hydroxylation sites is 1. The summed E-state index contributed by atoms with van der Waals surface area (Å²) in [6.07, 6.45) is -0.619. The highest BCUT2D eigenvalue weighted by molar-refractivity contribution is 6.42. The third-order valence-corrected chi connectivity index (χ3v) is 3.35. The maximum Gasteiger partial charge on any atom is 0.265 e. The third kappa shape index (κ3) is 3.89. The third-order valence-electron chi connectivity index (χ3n) is 2.61. The molecule has 0 fully saturated rings. The first-order valence-electron chi connectivity index (χ1n) is 6.04. The number of rotatable bonds is 4. The summed E-state index contributed by atoms with van der Waals surface area (Å²) in [4.78, 5) is 12.0. The lowest BCUT2D eigenvalue weighted by molar-refractivity contribution is -0.122. The lowest BCUT2D eigenvalue weighted by Gasteiger charge is -2.14. The molecule has 0 spiro atoms. The van der Waals surface area contributed by atoms with Gasteiger partial charge in [0.15, 0.2) is 6.10 Å². The van der Waals surface area contributed by atoms with Gasteiger partial charge < -0.3 is 10.1 Å². The van der Waals surface area contributed by atoms with Crippen LogP contribution in [0, 0.1) is 0 Å². The Balaban J connectivity index is 1.99. The molecule has 0 aliphatic carbocycles. The van der Waals surface area contributed by atoms with Crippen molar-refractivity contribution in [1.82, 2.24) is 0 Å². The summed E-state index contributed by atoms with van der Waals surface area (Å²) in [6, 6.07) is 14.1. The van der Waals surface area contributed by atoms with Crippen molar-refractivity contribution in [1.29, 1.82) is 0 Å². The van der Waals surface area contributed by atoms with Crippen molar-refractivity contribution in [2.45, 2.75) is 13.0 Å². The molecule has 0 heterocycles. The second-order valence-corrected chi connectivity index (χ2v) is 5.01. The molecule has 5 heteroatoms. The topological polar surface area (TPSA) is 38.3 Å². The molecule has 1 unspecified atom stereocenters. The fraction of sp³-hybridized carbons (Fsp3) is 0.133. The number of carbonyl (C=O) groups excluding carboxylic acids is 1. The second-order valence-electron chi connectivity index (χ2n) is 4.19. The van der Waals surface area contributed by atoms with Crippen LogP contribution in [0.25, 0.3) is 0 Å². The van der Waals surface area contributed by atoms with Gasteiger partial charge in [0.05, 0.1) is 10.0 Å². The predicted molar refractivity (Wildman–Crippen MR) is 81.6 cm³/mol. The SMILES string of the molecule is CC(Oc1ccccc1)C(=O)Nc1ccc(Cl)c(Cl)c1. The maximum atomic E-state index is 12.0. The van der Waals surface area contributed by atoms with Gasteiger partial charge in [-0.25, -0.2) is 0 Å². The minimum atomic E-state index is -0.619. The first kappa shape index (κ1) is 14.7. The van der Waals surface area contributed by atoms with E-state index in [2.05, 4.69) is 5.32 Å². The molecule has 0 aromatic heterocycles. The highest BCUT2D eigenvalue weighted by Crippen LogP contribution is 2.25. The van der Waals surface area contributed by atoms with Gasteiger partial charge in [-0.15, -0.1) is 0 Å². The van der Waals surface area contributed by atoms with E-state index in [9.17, 15) is 4.79 Å². The first-order chi connectivity index (χ1) is 9.56. The Morgan fingerprint density at radius 2 is 1.80 bits per heavy atom. The Morgan fingerprint density at radius 1 is 1.10 bits per heavy atom. The average Bonchev–Trinajstić information content (AvgIpc) is 2.44. The van der Waals surface area contributed by atoms with E-state index in [1.165, 1.54) is 0 Å². The zero-order valence-electron chi connectivity index (χ0n) is 10.8. The largest absolute Gasteiger partial charge is 0.481 e. The van der Waals surface area contributed by atoms with Crippen molar-refractivity contribution < 1.29 is 9.53 Å². The molecule has 104 valence electrons. The van der Waals surface area contributed by atoms with Crippen molar-refractivity contribution in [3.05, 3.63) is 58.6 Å². The van der Waals surface area contributed by atoms with E-state index >= 15 is 0 Å². The Kier molecular flexibility index (Phi) is 4.88. The molecule has 2 aromatic carbocycles. The van der Waals surface area contributed by atoms with Gasteiger partial charge in [-0.3, -0.25) is 4.79 Å². The lowest BCUT2D eigenvalue weighted by Crippen LogP contribution is -2.30. The summed E-state index contributed by atoms with van der Waals surface area (Å²) in [7, 11) is 0. The number of nitrogens with one attached hydrogen (secondary N) is 1. The number of carbonyl (C=O) groups is 1. The Hall–Kier alpha value is -1.71. The Bertz CT molecular complexity index is 602. The van der Waals surface area contributed by atoms with Crippen LogP contribution in [0.2, 0.25) is 10.0 Å². The summed E-state index contributed by atoms with van der Waals surface area (Å²) in [5, 5.41) is 3.56. The van der Waals surface area contributed by atoms with Crippen LogP contribution in [-0.4, -0.2) is 12.0 Å². The zero-order valence-corrected chi connectivity index (χ0v) is 12.3. The molecule has 0 aliphatic rings. The van der Waals surface area contributed by atoms with Crippen molar-refractivity contribution >= 4 is 34.8 Å². The molecule has 0 saturated carbocycles. The van der Waals surface area contributed by atoms with E-state index in [-0.39, 0.29) is 5.91 Å². The highest BCUT2D eigenvalue weighted by atomic mass is 35.5. The van der Waals surface area contributed by atoms with Gasteiger partial charge in [-0.2, -0.15) is 0 Å². The standard InChI is InChI=1S/C15H13Cl2NO2/c1-10(20-12-5-3-2-4-6-12)15(19)18-11-7-8-13(16)14(17)9-11/h2-10H,1H3,(H,18,19). The van der Waals surface area contributed by atoms with E-state index in [1.807, 2.05) is 18.2 Å².